The van der Waals surface area contributed by atoms with Gasteiger partial charge >= 0.3 is 0 Å². The summed E-state index contributed by atoms with van der Waals surface area (Å²) in [4.78, 5) is 26.3. The van der Waals surface area contributed by atoms with Gasteiger partial charge in [0.2, 0.25) is 5.91 Å². The highest BCUT2D eigenvalue weighted by Crippen LogP contribution is 2.15. The number of nitrogens with zero attached hydrogens (tertiary/aromatic N) is 2. The van der Waals surface area contributed by atoms with E-state index in [2.05, 4.69) is 10.5 Å². The summed E-state index contributed by atoms with van der Waals surface area (Å²) >= 11 is 0. The zero-order valence-electron chi connectivity index (χ0n) is 16.6. The molecule has 0 unspecified atom stereocenters. The van der Waals surface area contributed by atoms with Gasteiger partial charge in [-0.25, -0.2) is 5.43 Å². The number of hydrogen-bond acceptors (Lipinski definition) is 3. The van der Waals surface area contributed by atoms with Crippen molar-refractivity contribution in [2.75, 3.05) is 6.54 Å². The number of carbonyl (C=O) groups is 2. The highest BCUT2D eigenvalue weighted by molar-refractivity contribution is 6.13. The van der Waals surface area contributed by atoms with Crippen LogP contribution in [0.2, 0.25) is 0 Å². The third kappa shape index (κ3) is 4.63. The Morgan fingerprint density at radius 2 is 1.43 bits per heavy atom. The smallest absolute Gasteiger partial charge is 0.271 e. The fourth-order valence-electron chi connectivity index (χ4n) is 3.51. The summed E-state index contributed by atoms with van der Waals surface area (Å²) in [6.45, 7) is 1.39. The molecular weight excluding hydrogens is 374 g/mol. The summed E-state index contributed by atoms with van der Waals surface area (Å²) in [5.41, 5.74) is 6.77. The molecule has 1 fully saturated rings. The molecule has 0 aromatic heterocycles. The maximum atomic E-state index is 12.6. The van der Waals surface area contributed by atoms with Gasteiger partial charge in [0.05, 0.1) is 5.71 Å². The van der Waals surface area contributed by atoms with Crippen molar-refractivity contribution in [1.29, 1.82) is 0 Å². The van der Waals surface area contributed by atoms with Crippen LogP contribution in [-0.4, -0.2) is 29.0 Å². The van der Waals surface area contributed by atoms with Crippen molar-refractivity contribution in [3.8, 4) is 0 Å². The molecule has 0 radical (unpaired) electrons. The fourth-order valence-corrected chi connectivity index (χ4v) is 3.51. The Labute approximate surface area is 176 Å². The molecule has 5 heteroatoms. The molecule has 5 nitrogen and oxygen atoms in total. The number of benzene rings is 3. The first-order valence-corrected chi connectivity index (χ1v) is 10.1. The molecule has 0 aliphatic carbocycles. The van der Waals surface area contributed by atoms with Crippen LogP contribution in [0.4, 0.5) is 0 Å². The van der Waals surface area contributed by atoms with Crippen LogP contribution in [0.5, 0.6) is 0 Å². The summed E-state index contributed by atoms with van der Waals surface area (Å²) in [6.07, 6.45) is 1.55. The molecule has 1 aliphatic heterocycles. The average Bonchev–Trinajstić information content (AvgIpc) is 3.20. The van der Waals surface area contributed by atoms with E-state index in [0.29, 0.717) is 24.2 Å². The minimum Gasteiger partial charge on any atom is -0.338 e. The first kappa shape index (κ1) is 19.6. The Morgan fingerprint density at radius 3 is 1.97 bits per heavy atom. The standard InChI is InChI=1S/C25H23N3O2/c29-23-12-7-17-28(23)18-19-13-15-22(16-14-19)25(30)27-26-24(20-8-3-1-4-9-20)21-10-5-2-6-11-21/h1-6,8-11,13-16H,7,12,17-18H2,(H,27,30). The van der Waals surface area contributed by atoms with Crippen molar-refractivity contribution >= 4 is 17.5 Å². The Kier molecular flexibility index (Phi) is 5.99. The van der Waals surface area contributed by atoms with Crippen LogP contribution < -0.4 is 5.43 Å². The van der Waals surface area contributed by atoms with E-state index in [9.17, 15) is 9.59 Å². The molecule has 1 heterocycles. The average molecular weight is 397 g/mol. The Bertz CT molecular complexity index is 1000. The number of hydrazone groups is 1. The molecule has 0 saturated carbocycles. The minimum absolute atomic E-state index is 0.195. The molecular formula is C25H23N3O2. The van der Waals surface area contributed by atoms with E-state index in [0.717, 1.165) is 29.7 Å². The molecule has 3 aromatic rings. The highest BCUT2D eigenvalue weighted by Gasteiger charge is 2.20. The largest absolute Gasteiger partial charge is 0.338 e. The lowest BCUT2D eigenvalue weighted by Gasteiger charge is -2.15. The molecule has 30 heavy (non-hydrogen) atoms. The first-order valence-electron chi connectivity index (χ1n) is 10.1. The van der Waals surface area contributed by atoms with Gasteiger partial charge in [-0.1, -0.05) is 72.8 Å². The molecule has 1 aliphatic rings. The van der Waals surface area contributed by atoms with Crippen LogP contribution in [0, 0.1) is 0 Å². The van der Waals surface area contributed by atoms with Gasteiger partial charge in [-0.2, -0.15) is 5.10 Å². The van der Waals surface area contributed by atoms with Crippen LogP contribution in [0.25, 0.3) is 0 Å². The van der Waals surface area contributed by atoms with E-state index in [1.165, 1.54) is 0 Å². The lowest BCUT2D eigenvalue weighted by molar-refractivity contribution is -0.128. The lowest BCUT2D eigenvalue weighted by Crippen LogP contribution is -2.24. The molecule has 4 rings (SSSR count). The van der Waals surface area contributed by atoms with Gasteiger partial charge in [0, 0.05) is 36.2 Å². The Hall–Kier alpha value is -3.73. The molecule has 2 amide bonds. The molecule has 1 N–H and O–H groups in total. The second-order valence-electron chi connectivity index (χ2n) is 7.25. The predicted molar refractivity (Wildman–Crippen MR) is 117 cm³/mol. The molecule has 0 bridgehead atoms. The van der Waals surface area contributed by atoms with Crippen molar-refractivity contribution in [1.82, 2.24) is 10.3 Å². The third-order valence-corrected chi connectivity index (χ3v) is 5.12. The van der Waals surface area contributed by atoms with Gasteiger partial charge in [-0.15, -0.1) is 0 Å². The van der Waals surface area contributed by atoms with Crippen LogP contribution in [-0.2, 0) is 11.3 Å². The Morgan fingerprint density at radius 1 is 0.833 bits per heavy atom. The van der Waals surface area contributed by atoms with Crippen LogP contribution in [0.1, 0.15) is 39.9 Å². The third-order valence-electron chi connectivity index (χ3n) is 5.12. The van der Waals surface area contributed by atoms with E-state index in [1.807, 2.05) is 77.7 Å². The van der Waals surface area contributed by atoms with E-state index < -0.39 is 0 Å². The van der Waals surface area contributed by atoms with Crippen molar-refractivity contribution in [2.45, 2.75) is 19.4 Å². The number of rotatable bonds is 6. The number of nitrogens with one attached hydrogen (secondary N) is 1. The topological polar surface area (TPSA) is 61.8 Å². The molecule has 0 spiro atoms. The second-order valence-corrected chi connectivity index (χ2v) is 7.25. The summed E-state index contributed by atoms with van der Waals surface area (Å²) in [5.74, 6) is -0.0799. The van der Waals surface area contributed by atoms with E-state index in [1.54, 1.807) is 12.1 Å². The van der Waals surface area contributed by atoms with E-state index in [-0.39, 0.29) is 11.8 Å². The summed E-state index contributed by atoms with van der Waals surface area (Å²) < 4.78 is 0. The maximum absolute atomic E-state index is 12.6. The minimum atomic E-state index is -0.275. The van der Waals surface area contributed by atoms with E-state index >= 15 is 0 Å². The van der Waals surface area contributed by atoms with E-state index in [4.69, 9.17) is 0 Å². The van der Waals surface area contributed by atoms with Gasteiger partial charge in [-0.3, -0.25) is 9.59 Å². The van der Waals surface area contributed by atoms with Crippen molar-refractivity contribution < 1.29 is 9.59 Å². The van der Waals surface area contributed by atoms with Gasteiger partial charge in [0.1, 0.15) is 0 Å². The fraction of sp³-hybridized carbons (Fsp3) is 0.160. The SMILES string of the molecule is O=C(NN=C(c1ccccc1)c1ccccc1)c1ccc(CN2CCCC2=O)cc1. The predicted octanol–water partition coefficient (Wildman–Crippen LogP) is 3.99. The monoisotopic (exact) mass is 397 g/mol. The summed E-state index contributed by atoms with van der Waals surface area (Å²) in [6, 6.07) is 26.8. The number of carbonyl (C=O) groups excluding carboxylic acids is 2. The van der Waals surface area contributed by atoms with Gasteiger partial charge < -0.3 is 4.90 Å². The molecule has 1 saturated heterocycles. The van der Waals surface area contributed by atoms with Crippen LogP contribution in [0.15, 0.2) is 90.0 Å². The number of likely N-dealkylation sites (tertiary alicyclic amines) is 1. The van der Waals surface area contributed by atoms with Gasteiger partial charge in [0.15, 0.2) is 0 Å². The van der Waals surface area contributed by atoms with Crippen molar-refractivity contribution in [2.24, 2.45) is 5.10 Å². The molecule has 150 valence electrons. The Balaban J connectivity index is 1.49. The summed E-state index contributed by atoms with van der Waals surface area (Å²) in [5, 5.41) is 4.42. The summed E-state index contributed by atoms with van der Waals surface area (Å²) in [7, 11) is 0. The maximum Gasteiger partial charge on any atom is 0.271 e. The van der Waals surface area contributed by atoms with Crippen LogP contribution >= 0.6 is 0 Å². The van der Waals surface area contributed by atoms with Crippen LogP contribution in [0.3, 0.4) is 0 Å². The molecule has 0 atom stereocenters. The van der Waals surface area contributed by atoms with Crippen molar-refractivity contribution in [3.63, 3.8) is 0 Å². The first-order chi connectivity index (χ1) is 14.7. The normalized spacial score (nSPS) is 13.2. The second kappa shape index (κ2) is 9.18. The zero-order chi connectivity index (χ0) is 20.8. The van der Waals surface area contributed by atoms with Crippen molar-refractivity contribution in [3.05, 3.63) is 107 Å². The molecule has 3 aromatic carbocycles. The quantitative estimate of drug-likeness (QED) is 0.505. The zero-order valence-corrected chi connectivity index (χ0v) is 16.6. The van der Waals surface area contributed by atoms with Gasteiger partial charge in [0.25, 0.3) is 5.91 Å². The van der Waals surface area contributed by atoms with Gasteiger partial charge in [-0.05, 0) is 24.1 Å². The number of amides is 2. The lowest BCUT2D eigenvalue weighted by atomic mass is 10.0. The highest BCUT2D eigenvalue weighted by atomic mass is 16.2. The number of hydrogen-bond donors (Lipinski definition) is 1.